The number of aliphatic hydroxyl groups excluding tert-OH is 1. The Morgan fingerprint density at radius 1 is 1.38 bits per heavy atom. The first-order chi connectivity index (χ1) is 3.00. The van der Waals surface area contributed by atoms with Gasteiger partial charge >= 0.3 is 0 Å². The molecule has 0 spiro atoms. The Labute approximate surface area is 60.1 Å². The van der Waals surface area contributed by atoms with Crippen LogP contribution < -0.4 is 0 Å². The molecule has 0 aromatic carbocycles. The molecule has 0 aliphatic carbocycles. The molecule has 0 bridgehead atoms. The first-order valence-corrected chi connectivity index (χ1v) is 2.49. The molecular weight excluding hydrogens is 189 g/mol. The third kappa shape index (κ3) is 934. The SMILES string of the molecule is CO.O=S(=O)([O-])O.[Zn]. The number of hydrogen-bond acceptors (Lipinski definition) is 4. The van der Waals surface area contributed by atoms with Crippen LogP contribution in [0.5, 0.6) is 0 Å². The molecule has 0 fully saturated rings. The number of aliphatic hydroxyl groups is 1. The quantitative estimate of drug-likeness (QED) is 0.281. The van der Waals surface area contributed by atoms with Crippen LogP contribution in [-0.4, -0.2) is 29.7 Å². The van der Waals surface area contributed by atoms with Crippen molar-refractivity contribution in [1.29, 1.82) is 0 Å². The zero-order chi connectivity index (χ0) is 6.50. The maximum Gasteiger partial charge on any atom is 0.215 e. The Morgan fingerprint density at radius 3 is 1.38 bits per heavy atom. The third-order valence-corrected chi connectivity index (χ3v) is 0. The van der Waals surface area contributed by atoms with Crippen LogP contribution in [0.15, 0.2) is 0 Å². The van der Waals surface area contributed by atoms with E-state index in [0.717, 1.165) is 7.11 Å². The summed E-state index contributed by atoms with van der Waals surface area (Å²) in [6.45, 7) is 0. The summed E-state index contributed by atoms with van der Waals surface area (Å²) in [5.41, 5.74) is 0. The average Bonchev–Trinajstić information content (AvgIpc) is 1.36. The molecule has 2 N–H and O–H groups in total. The van der Waals surface area contributed by atoms with Gasteiger partial charge in [-0.3, -0.25) is 4.55 Å². The van der Waals surface area contributed by atoms with E-state index >= 15 is 0 Å². The van der Waals surface area contributed by atoms with Crippen molar-refractivity contribution in [2.45, 2.75) is 0 Å². The van der Waals surface area contributed by atoms with Gasteiger partial charge in [0, 0.05) is 26.6 Å². The summed E-state index contributed by atoms with van der Waals surface area (Å²) in [7, 11) is -3.92. The molecule has 0 radical (unpaired) electrons. The summed E-state index contributed by atoms with van der Waals surface area (Å²) in [4.78, 5) is 0. The summed E-state index contributed by atoms with van der Waals surface area (Å²) in [6.07, 6.45) is 0. The Bertz CT molecular complexity index is 95.6. The maximum absolute atomic E-state index is 8.63. The van der Waals surface area contributed by atoms with E-state index in [1.807, 2.05) is 0 Å². The fourth-order valence-electron chi connectivity index (χ4n) is 0. The van der Waals surface area contributed by atoms with E-state index in [2.05, 4.69) is 0 Å². The summed E-state index contributed by atoms with van der Waals surface area (Å²) >= 11 is 0. The fourth-order valence-corrected chi connectivity index (χ4v) is 0. The second-order valence-corrected chi connectivity index (χ2v) is 1.28. The summed E-state index contributed by atoms with van der Waals surface area (Å²) in [6, 6.07) is 0. The van der Waals surface area contributed by atoms with Gasteiger partial charge in [0.25, 0.3) is 0 Å². The van der Waals surface area contributed by atoms with Crippen LogP contribution >= 0.6 is 0 Å². The maximum atomic E-state index is 8.63. The molecule has 0 unspecified atom stereocenters. The third-order valence-electron chi connectivity index (χ3n) is 0. The number of hydrogen-bond donors (Lipinski definition) is 2. The molecule has 0 amide bonds. The van der Waals surface area contributed by atoms with Gasteiger partial charge in [-0.15, -0.1) is 0 Å². The van der Waals surface area contributed by atoms with Gasteiger partial charge in [-0.25, -0.2) is 8.42 Å². The molecule has 0 aromatic heterocycles. The van der Waals surface area contributed by atoms with Crippen molar-refractivity contribution in [3.8, 4) is 0 Å². The van der Waals surface area contributed by atoms with Crippen LogP contribution in [0.1, 0.15) is 0 Å². The zero-order valence-electron chi connectivity index (χ0n) is 4.23. The van der Waals surface area contributed by atoms with Crippen molar-refractivity contribution >= 4 is 10.4 Å². The van der Waals surface area contributed by atoms with Crippen LogP contribution in [0.25, 0.3) is 0 Å². The minimum atomic E-state index is -4.92. The minimum Gasteiger partial charge on any atom is -0.726 e. The average molecular weight is 195 g/mol. The molecule has 48 valence electrons. The minimum absolute atomic E-state index is 0. The normalized spacial score (nSPS) is 8.00. The largest absolute Gasteiger partial charge is 0.726 e. The van der Waals surface area contributed by atoms with Crippen LogP contribution in [-0.2, 0) is 29.9 Å². The molecule has 0 rings (SSSR count). The Balaban J connectivity index is -0.0000000750. The number of rotatable bonds is 0. The van der Waals surface area contributed by atoms with E-state index in [9.17, 15) is 0 Å². The van der Waals surface area contributed by atoms with Gasteiger partial charge in [-0.1, -0.05) is 0 Å². The standard InChI is InChI=1S/CH4O.H2O4S.Zn/c1-2;1-5(2,3)4;/h2H,1H3;(H2,1,2,3,4);/p-1. The molecule has 7 heteroatoms. The van der Waals surface area contributed by atoms with E-state index in [0.29, 0.717) is 0 Å². The van der Waals surface area contributed by atoms with Crippen LogP contribution in [0.4, 0.5) is 0 Å². The second kappa shape index (κ2) is 7.45. The molecule has 0 atom stereocenters. The van der Waals surface area contributed by atoms with Crippen LogP contribution in [0.3, 0.4) is 0 Å². The van der Waals surface area contributed by atoms with E-state index in [1.54, 1.807) is 0 Å². The second-order valence-electron chi connectivity index (χ2n) is 0.428. The molecule has 5 nitrogen and oxygen atoms in total. The predicted molar refractivity (Wildman–Crippen MR) is 20.5 cm³/mol. The van der Waals surface area contributed by atoms with Crippen molar-refractivity contribution < 1.29 is 42.1 Å². The Morgan fingerprint density at radius 2 is 1.38 bits per heavy atom. The van der Waals surface area contributed by atoms with Crippen molar-refractivity contribution in [2.75, 3.05) is 7.11 Å². The fraction of sp³-hybridized carbons (Fsp3) is 1.00. The van der Waals surface area contributed by atoms with Gasteiger partial charge in [0.1, 0.15) is 0 Å². The zero-order valence-corrected chi connectivity index (χ0v) is 8.02. The molecule has 8 heavy (non-hydrogen) atoms. The summed E-state index contributed by atoms with van der Waals surface area (Å²) in [5, 5.41) is 7.00. The van der Waals surface area contributed by atoms with E-state index in [1.165, 1.54) is 0 Å². The predicted octanol–water partition coefficient (Wildman–Crippen LogP) is -1.39. The summed E-state index contributed by atoms with van der Waals surface area (Å²) in [5.74, 6) is 0. The van der Waals surface area contributed by atoms with Gasteiger partial charge in [-0.05, 0) is 0 Å². The topological polar surface area (TPSA) is 97.7 Å². The van der Waals surface area contributed by atoms with Gasteiger partial charge in [-0.2, -0.15) is 0 Å². The molecule has 0 aliphatic rings. The van der Waals surface area contributed by atoms with Gasteiger partial charge in [0.2, 0.25) is 10.4 Å². The van der Waals surface area contributed by atoms with Crippen molar-refractivity contribution in [3.05, 3.63) is 0 Å². The van der Waals surface area contributed by atoms with Gasteiger partial charge < -0.3 is 9.66 Å². The monoisotopic (exact) mass is 193 g/mol. The van der Waals surface area contributed by atoms with Crippen LogP contribution in [0.2, 0.25) is 0 Å². The Hall–Kier alpha value is 0.453. The first-order valence-electron chi connectivity index (χ1n) is 1.13. The summed E-state index contributed by atoms with van der Waals surface area (Å²) < 4.78 is 32.8. The van der Waals surface area contributed by atoms with E-state index < -0.39 is 10.4 Å². The van der Waals surface area contributed by atoms with E-state index in [-0.39, 0.29) is 19.5 Å². The molecule has 0 aromatic rings. The molecular formula is CH5O5SZn-. The van der Waals surface area contributed by atoms with Crippen molar-refractivity contribution in [2.24, 2.45) is 0 Å². The van der Waals surface area contributed by atoms with Crippen molar-refractivity contribution in [3.63, 3.8) is 0 Å². The molecule has 0 heterocycles. The molecule has 0 aliphatic heterocycles. The van der Waals surface area contributed by atoms with Gasteiger partial charge in [0.05, 0.1) is 0 Å². The first kappa shape index (κ1) is 15.8. The smallest absolute Gasteiger partial charge is 0.215 e. The molecule has 0 saturated carbocycles. The van der Waals surface area contributed by atoms with Gasteiger partial charge in [0.15, 0.2) is 0 Å². The van der Waals surface area contributed by atoms with Crippen molar-refractivity contribution in [1.82, 2.24) is 0 Å². The van der Waals surface area contributed by atoms with Crippen LogP contribution in [0, 0.1) is 0 Å². The molecule has 0 saturated heterocycles. The Kier molecular flexibility index (Phi) is 14.7. The van der Waals surface area contributed by atoms with E-state index in [4.69, 9.17) is 22.6 Å².